The first-order valence-corrected chi connectivity index (χ1v) is 9.44. The van der Waals surface area contributed by atoms with Crippen LogP contribution in [0.25, 0.3) is 0 Å². The van der Waals surface area contributed by atoms with Gasteiger partial charge in [-0.2, -0.15) is 0 Å². The standard InChI is InChI=1S/C24H20N4O2/c1-17-16-26-14-11-23(17)27-19-7-5-18(6-8-19)24(29)28-20-3-2-4-22(15-20)30-21-9-12-25-13-10-21/h2-16H,1H3,(H,26,27)(H,28,29). The zero-order valence-electron chi connectivity index (χ0n) is 16.4. The van der Waals surface area contributed by atoms with Crippen LogP contribution in [0.4, 0.5) is 17.1 Å². The Labute approximate surface area is 174 Å². The summed E-state index contributed by atoms with van der Waals surface area (Å²) in [5, 5.41) is 6.23. The van der Waals surface area contributed by atoms with Crippen molar-refractivity contribution >= 4 is 23.0 Å². The van der Waals surface area contributed by atoms with Gasteiger partial charge in [-0.25, -0.2) is 0 Å². The van der Waals surface area contributed by atoms with Crippen molar-refractivity contribution < 1.29 is 9.53 Å². The van der Waals surface area contributed by atoms with Gasteiger partial charge in [0.15, 0.2) is 0 Å². The number of hydrogen-bond acceptors (Lipinski definition) is 5. The van der Waals surface area contributed by atoms with Crippen LogP contribution in [-0.2, 0) is 0 Å². The van der Waals surface area contributed by atoms with Crippen LogP contribution in [0.5, 0.6) is 11.5 Å². The van der Waals surface area contributed by atoms with Gasteiger partial charge in [0.1, 0.15) is 11.5 Å². The number of carbonyl (C=O) groups excluding carboxylic acids is 1. The Morgan fingerprint density at radius 3 is 2.37 bits per heavy atom. The molecule has 2 aromatic carbocycles. The molecule has 4 rings (SSSR count). The highest BCUT2D eigenvalue weighted by molar-refractivity contribution is 6.04. The molecule has 0 saturated heterocycles. The molecular weight excluding hydrogens is 376 g/mol. The number of amides is 1. The summed E-state index contributed by atoms with van der Waals surface area (Å²) in [4.78, 5) is 20.7. The fourth-order valence-electron chi connectivity index (χ4n) is 2.86. The Hall–Kier alpha value is -4.19. The second-order valence-electron chi connectivity index (χ2n) is 6.66. The van der Waals surface area contributed by atoms with E-state index in [1.165, 1.54) is 0 Å². The largest absolute Gasteiger partial charge is 0.457 e. The molecule has 0 bridgehead atoms. The first-order chi connectivity index (χ1) is 14.7. The molecule has 4 aromatic rings. The average molecular weight is 396 g/mol. The Balaban J connectivity index is 1.41. The molecule has 0 radical (unpaired) electrons. The number of hydrogen-bond donors (Lipinski definition) is 2. The number of nitrogens with zero attached hydrogens (tertiary/aromatic N) is 2. The lowest BCUT2D eigenvalue weighted by Crippen LogP contribution is -2.11. The molecule has 2 heterocycles. The number of nitrogens with one attached hydrogen (secondary N) is 2. The molecule has 0 saturated carbocycles. The number of anilines is 3. The highest BCUT2D eigenvalue weighted by Gasteiger charge is 2.08. The maximum atomic E-state index is 12.6. The fraction of sp³-hybridized carbons (Fsp3) is 0.0417. The van der Waals surface area contributed by atoms with Gasteiger partial charge in [-0.05, 0) is 67.1 Å². The summed E-state index contributed by atoms with van der Waals surface area (Å²) in [5.41, 5.74) is 4.14. The normalized spacial score (nSPS) is 10.3. The summed E-state index contributed by atoms with van der Waals surface area (Å²) in [6.07, 6.45) is 6.87. The Kier molecular flexibility index (Phi) is 5.66. The molecular formula is C24H20N4O2. The van der Waals surface area contributed by atoms with Gasteiger partial charge in [-0.3, -0.25) is 14.8 Å². The minimum atomic E-state index is -0.192. The summed E-state index contributed by atoms with van der Waals surface area (Å²) < 4.78 is 5.78. The molecule has 6 heteroatoms. The van der Waals surface area contributed by atoms with Crippen molar-refractivity contribution in [1.29, 1.82) is 0 Å². The number of rotatable bonds is 6. The second kappa shape index (κ2) is 8.87. The van der Waals surface area contributed by atoms with E-state index in [-0.39, 0.29) is 5.91 Å². The molecule has 0 atom stereocenters. The van der Waals surface area contributed by atoms with Crippen molar-refractivity contribution in [2.45, 2.75) is 6.92 Å². The maximum Gasteiger partial charge on any atom is 0.255 e. The molecule has 6 nitrogen and oxygen atoms in total. The number of benzene rings is 2. The van der Waals surface area contributed by atoms with Crippen molar-refractivity contribution in [1.82, 2.24) is 9.97 Å². The van der Waals surface area contributed by atoms with E-state index in [4.69, 9.17) is 4.74 Å². The van der Waals surface area contributed by atoms with Gasteiger partial charge >= 0.3 is 0 Å². The van der Waals surface area contributed by atoms with Crippen molar-refractivity contribution in [3.63, 3.8) is 0 Å². The summed E-state index contributed by atoms with van der Waals surface area (Å²) in [6, 6.07) is 20.0. The zero-order chi connectivity index (χ0) is 20.8. The van der Waals surface area contributed by atoms with Crippen LogP contribution in [0.1, 0.15) is 15.9 Å². The lowest BCUT2D eigenvalue weighted by molar-refractivity contribution is 0.102. The van der Waals surface area contributed by atoms with E-state index in [2.05, 4.69) is 20.6 Å². The summed E-state index contributed by atoms with van der Waals surface area (Å²) in [6.45, 7) is 1.99. The smallest absolute Gasteiger partial charge is 0.255 e. The number of ether oxygens (including phenoxy) is 1. The van der Waals surface area contributed by atoms with Crippen molar-refractivity contribution in [3.8, 4) is 11.5 Å². The van der Waals surface area contributed by atoms with Gasteiger partial charge in [0.25, 0.3) is 5.91 Å². The van der Waals surface area contributed by atoms with Crippen LogP contribution < -0.4 is 15.4 Å². The maximum absolute atomic E-state index is 12.6. The second-order valence-corrected chi connectivity index (χ2v) is 6.66. The molecule has 2 aromatic heterocycles. The topological polar surface area (TPSA) is 76.1 Å². The molecule has 1 amide bonds. The molecule has 0 unspecified atom stereocenters. The summed E-state index contributed by atoms with van der Waals surface area (Å²) in [7, 11) is 0. The van der Waals surface area contributed by atoms with E-state index in [1.807, 2.05) is 43.3 Å². The molecule has 2 N–H and O–H groups in total. The van der Waals surface area contributed by atoms with Crippen molar-refractivity contribution in [2.24, 2.45) is 0 Å². The zero-order valence-corrected chi connectivity index (χ0v) is 16.4. The quantitative estimate of drug-likeness (QED) is 0.445. The van der Waals surface area contributed by atoms with Gasteiger partial charge in [0.05, 0.1) is 0 Å². The number of carbonyl (C=O) groups is 1. The fourth-order valence-corrected chi connectivity index (χ4v) is 2.86. The van der Waals surface area contributed by atoms with Crippen LogP contribution >= 0.6 is 0 Å². The predicted octanol–water partition coefficient (Wildman–Crippen LogP) is 5.57. The highest BCUT2D eigenvalue weighted by Crippen LogP contribution is 2.24. The average Bonchev–Trinajstić information content (AvgIpc) is 2.77. The van der Waals surface area contributed by atoms with Gasteiger partial charge in [0.2, 0.25) is 0 Å². The first kappa shape index (κ1) is 19.1. The SMILES string of the molecule is Cc1cnccc1Nc1ccc(C(=O)Nc2cccc(Oc3ccncc3)c2)cc1. The van der Waals surface area contributed by atoms with Gasteiger partial charge in [0, 0.05) is 53.5 Å². The summed E-state index contributed by atoms with van der Waals surface area (Å²) >= 11 is 0. The van der Waals surface area contributed by atoms with E-state index in [0.29, 0.717) is 22.7 Å². The monoisotopic (exact) mass is 396 g/mol. The van der Waals surface area contributed by atoms with Crippen molar-refractivity contribution in [3.05, 3.63) is 103 Å². The van der Waals surface area contributed by atoms with Gasteiger partial charge in [-0.15, -0.1) is 0 Å². The minimum Gasteiger partial charge on any atom is -0.457 e. The van der Waals surface area contributed by atoms with Crippen molar-refractivity contribution in [2.75, 3.05) is 10.6 Å². The number of aryl methyl sites for hydroxylation is 1. The lowest BCUT2D eigenvalue weighted by Gasteiger charge is -2.11. The molecule has 30 heavy (non-hydrogen) atoms. The third-order valence-corrected chi connectivity index (χ3v) is 4.42. The molecule has 0 aliphatic heterocycles. The van der Waals surface area contributed by atoms with Crippen LogP contribution in [0.15, 0.2) is 91.5 Å². The number of pyridine rings is 2. The van der Waals surface area contributed by atoms with E-state index < -0.39 is 0 Å². The van der Waals surface area contributed by atoms with Crippen LogP contribution in [0.3, 0.4) is 0 Å². The molecule has 0 aliphatic carbocycles. The van der Waals surface area contributed by atoms with Gasteiger partial charge in [-0.1, -0.05) is 6.07 Å². The Morgan fingerprint density at radius 2 is 1.60 bits per heavy atom. The molecule has 0 aliphatic rings. The third-order valence-electron chi connectivity index (χ3n) is 4.42. The third kappa shape index (κ3) is 4.80. The molecule has 0 spiro atoms. The van der Waals surface area contributed by atoms with E-state index in [1.54, 1.807) is 55.1 Å². The van der Waals surface area contributed by atoms with E-state index in [0.717, 1.165) is 16.9 Å². The minimum absolute atomic E-state index is 0.192. The van der Waals surface area contributed by atoms with E-state index >= 15 is 0 Å². The summed E-state index contributed by atoms with van der Waals surface area (Å²) in [5.74, 6) is 1.12. The predicted molar refractivity (Wildman–Crippen MR) is 117 cm³/mol. The van der Waals surface area contributed by atoms with Crippen LogP contribution in [0.2, 0.25) is 0 Å². The highest BCUT2D eigenvalue weighted by atomic mass is 16.5. The Bertz CT molecular complexity index is 1150. The van der Waals surface area contributed by atoms with Crippen LogP contribution in [0, 0.1) is 6.92 Å². The van der Waals surface area contributed by atoms with Gasteiger partial charge < -0.3 is 15.4 Å². The lowest BCUT2D eigenvalue weighted by atomic mass is 10.1. The van der Waals surface area contributed by atoms with E-state index in [9.17, 15) is 4.79 Å². The Morgan fingerprint density at radius 1 is 0.833 bits per heavy atom. The molecule has 148 valence electrons. The van der Waals surface area contributed by atoms with Crippen LogP contribution in [-0.4, -0.2) is 15.9 Å². The number of aromatic nitrogens is 2. The molecule has 0 fully saturated rings. The first-order valence-electron chi connectivity index (χ1n) is 9.44.